The van der Waals surface area contributed by atoms with Crippen molar-refractivity contribution in [1.29, 1.82) is 0 Å². The van der Waals surface area contributed by atoms with Crippen molar-refractivity contribution < 1.29 is 4.79 Å². The van der Waals surface area contributed by atoms with Crippen LogP contribution < -0.4 is 5.32 Å². The molecule has 20 heavy (non-hydrogen) atoms. The molecule has 0 aromatic heterocycles. The molecule has 2 aliphatic heterocycles. The van der Waals surface area contributed by atoms with E-state index in [1.807, 2.05) is 6.92 Å². The maximum Gasteiger partial charge on any atom is 0.221 e. The standard InChI is InChI=1S/C16H31N3O/c1-2-17-16(20)9-13-18-10-7-8-15(14-18)19-11-5-3-4-6-12-19/h15H,2-14H2,1H3,(H,17,20)/t15-/m1/s1. The van der Waals surface area contributed by atoms with Crippen molar-refractivity contribution >= 4 is 5.91 Å². The summed E-state index contributed by atoms with van der Waals surface area (Å²) in [5, 5.41) is 2.89. The van der Waals surface area contributed by atoms with Gasteiger partial charge in [-0.05, 0) is 52.2 Å². The number of carbonyl (C=O) groups is 1. The van der Waals surface area contributed by atoms with Crippen LogP contribution in [0.15, 0.2) is 0 Å². The SMILES string of the molecule is CCNC(=O)CCN1CCC[C@@H](N2CCCCCC2)C1. The summed E-state index contributed by atoms with van der Waals surface area (Å²) in [5.41, 5.74) is 0. The van der Waals surface area contributed by atoms with Gasteiger partial charge in [0.1, 0.15) is 0 Å². The first-order valence-corrected chi connectivity index (χ1v) is 8.52. The molecule has 116 valence electrons. The summed E-state index contributed by atoms with van der Waals surface area (Å²) in [5.74, 6) is 0.199. The summed E-state index contributed by atoms with van der Waals surface area (Å²) in [7, 11) is 0. The molecule has 0 saturated carbocycles. The van der Waals surface area contributed by atoms with Gasteiger partial charge in [-0.3, -0.25) is 9.69 Å². The molecule has 2 fully saturated rings. The second-order valence-corrected chi connectivity index (χ2v) is 6.25. The third-order valence-corrected chi connectivity index (χ3v) is 4.67. The number of hydrogen-bond acceptors (Lipinski definition) is 3. The molecule has 0 aromatic carbocycles. The Labute approximate surface area is 123 Å². The highest BCUT2D eigenvalue weighted by atomic mass is 16.1. The number of amides is 1. The van der Waals surface area contributed by atoms with Gasteiger partial charge in [-0.15, -0.1) is 0 Å². The van der Waals surface area contributed by atoms with Gasteiger partial charge in [0.05, 0.1) is 0 Å². The van der Waals surface area contributed by atoms with Crippen LogP contribution in [0.2, 0.25) is 0 Å². The molecule has 1 atom stereocenters. The summed E-state index contributed by atoms with van der Waals surface area (Å²) in [6, 6.07) is 0.732. The van der Waals surface area contributed by atoms with Gasteiger partial charge in [0.2, 0.25) is 5.91 Å². The molecule has 0 spiro atoms. The molecule has 1 amide bonds. The molecule has 2 saturated heterocycles. The van der Waals surface area contributed by atoms with Gasteiger partial charge in [-0.2, -0.15) is 0 Å². The molecule has 4 nitrogen and oxygen atoms in total. The van der Waals surface area contributed by atoms with Crippen LogP contribution in [0.1, 0.15) is 51.9 Å². The topological polar surface area (TPSA) is 35.6 Å². The molecule has 0 unspecified atom stereocenters. The fraction of sp³-hybridized carbons (Fsp3) is 0.938. The molecule has 0 bridgehead atoms. The molecule has 1 N–H and O–H groups in total. The fourth-order valence-corrected chi connectivity index (χ4v) is 3.54. The van der Waals surface area contributed by atoms with Crippen molar-refractivity contribution in [3.05, 3.63) is 0 Å². The summed E-state index contributed by atoms with van der Waals surface area (Å²) in [6.07, 6.45) is 8.84. The van der Waals surface area contributed by atoms with Gasteiger partial charge in [0.15, 0.2) is 0 Å². The van der Waals surface area contributed by atoms with Gasteiger partial charge >= 0.3 is 0 Å². The second kappa shape index (κ2) is 8.63. The molecular formula is C16H31N3O. The van der Waals surface area contributed by atoms with E-state index in [1.165, 1.54) is 64.7 Å². The van der Waals surface area contributed by atoms with Crippen LogP contribution in [0, 0.1) is 0 Å². The van der Waals surface area contributed by atoms with E-state index in [4.69, 9.17) is 0 Å². The number of likely N-dealkylation sites (tertiary alicyclic amines) is 2. The molecule has 0 aromatic rings. The minimum atomic E-state index is 0.199. The molecule has 0 radical (unpaired) electrons. The van der Waals surface area contributed by atoms with Crippen molar-refractivity contribution in [2.75, 3.05) is 39.3 Å². The summed E-state index contributed by atoms with van der Waals surface area (Å²) < 4.78 is 0. The lowest BCUT2D eigenvalue weighted by Gasteiger charge is -2.39. The lowest BCUT2D eigenvalue weighted by atomic mass is 10.0. The van der Waals surface area contributed by atoms with E-state index >= 15 is 0 Å². The third-order valence-electron chi connectivity index (χ3n) is 4.67. The number of piperidine rings is 1. The maximum atomic E-state index is 11.6. The van der Waals surface area contributed by atoms with Gasteiger partial charge in [-0.25, -0.2) is 0 Å². The Bertz CT molecular complexity index is 287. The monoisotopic (exact) mass is 281 g/mol. The molecule has 4 heteroatoms. The predicted octanol–water partition coefficient (Wildman–Crippen LogP) is 1.85. The summed E-state index contributed by atoms with van der Waals surface area (Å²) >= 11 is 0. The first kappa shape index (κ1) is 15.8. The van der Waals surface area contributed by atoms with E-state index in [-0.39, 0.29) is 5.91 Å². The fourth-order valence-electron chi connectivity index (χ4n) is 3.54. The number of nitrogens with one attached hydrogen (secondary N) is 1. The minimum absolute atomic E-state index is 0.199. The molecule has 2 rings (SSSR count). The van der Waals surface area contributed by atoms with Crippen molar-refractivity contribution in [3.8, 4) is 0 Å². The highest BCUT2D eigenvalue weighted by Crippen LogP contribution is 2.20. The average molecular weight is 281 g/mol. The normalized spacial score (nSPS) is 26.1. The maximum absolute atomic E-state index is 11.6. The van der Waals surface area contributed by atoms with E-state index in [0.29, 0.717) is 6.42 Å². The number of carbonyl (C=O) groups excluding carboxylic acids is 1. The van der Waals surface area contributed by atoms with Gasteiger partial charge < -0.3 is 10.2 Å². The van der Waals surface area contributed by atoms with E-state index < -0.39 is 0 Å². The number of rotatable bonds is 5. The average Bonchev–Trinajstić information content (AvgIpc) is 2.75. The Morgan fingerprint density at radius 3 is 2.55 bits per heavy atom. The first-order chi connectivity index (χ1) is 9.79. The Balaban J connectivity index is 1.74. The van der Waals surface area contributed by atoms with E-state index in [1.54, 1.807) is 0 Å². The third kappa shape index (κ3) is 5.06. The van der Waals surface area contributed by atoms with Crippen LogP contribution >= 0.6 is 0 Å². The quantitative estimate of drug-likeness (QED) is 0.835. The Hall–Kier alpha value is -0.610. The Morgan fingerprint density at radius 2 is 1.85 bits per heavy atom. The van der Waals surface area contributed by atoms with E-state index in [9.17, 15) is 4.79 Å². The van der Waals surface area contributed by atoms with Crippen LogP contribution in [0.4, 0.5) is 0 Å². The van der Waals surface area contributed by atoms with Crippen molar-refractivity contribution in [2.24, 2.45) is 0 Å². The molecule has 0 aliphatic carbocycles. The zero-order valence-corrected chi connectivity index (χ0v) is 13.1. The number of hydrogen-bond donors (Lipinski definition) is 1. The van der Waals surface area contributed by atoms with E-state index in [2.05, 4.69) is 15.1 Å². The predicted molar refractivity (Wildman–Crippen MR) is 82.8 cm³/mol. The van der Waals surface area contributed by atoms with Crippen molar-refractivity contribution in [1.82, 2.24) is 15.1 Å². The zero-order valence-electron chi connectivity index (χ0n) is 13.1. The lowest BCUT2D eigenvalue weighted by molar-refractivity contribution is -0.121. The highest BCUT2D eigenvalue weighted by molar-refractivity contribution is 5.75. The number of nitrogens with zero attached hydrogens (tertiary/aromatic N) is 2. The van der Waals surface area contributed by atoms with Crippen LogP contribution in [0.25, 0.3) is 0 Å². The van der Waals surface area contributed by atoms with Gasteiger partial charge in [0.25, 0.3) is 0 Å². The second-order valence-electron chi connectivity index (χ2n) is 6.25. The largest absolute Gasteiger partial charge is 0.356 e. The van der Waals surface area contributed by atoms with Crippen LogP contribution in [-0.4, -0.2) is 61.0 Å². The van der Waals surface area contributed by atoms with Crippen LogP contribution in [0.3, 0.4) is 0 Å². The molecule has 2 aliphatic rings. The molecule has 2 heterocycles. The van der Waals surface area contributed by atoms with Crippen LogP contribution in [0.5, 0.6) is 0 Å². The van der Waals surface area contributed by atoms with Crippen LogP contribution in [-0.2, 0) is 4.79 Å². The first-order valence-electron chi connectivity index (χ1n) is 8.52. The summed E-state index contributed by atoms with van der Waals surface area (Å²) in [6.45, 7) is 8.56. The highest BCUT2D eigenvalue weighted by Gasteiger charge is 2.25. The van der Waals surface area contributed by atoms with E-state index in [0.717, 1.165) is 19.1 Å². The van der Waals surface area contributed by atoms with Gasteiger partial charge in [-0.1, -0.05) is 12.8 Å². The zero-order chi connectivity index (χ0) is 14.2. The van der Waals surface area contributed by atoms with Crippen molar-refractivity contribution in [2.45, 2.75) is 57.9 Å². The van der Waals surface area contributed by atoms with Crippen molar-refractivity contribution in [3.63, 3.8) is 0 Å². The lowest BCUT2D eigenvalue weighted by Crippen LogP contribution is -2.48. The Morgan fingerprint density at radius 1 is 1.10 bits per heavy atom. The minimum Gasteiger partial charge on any atom is -0.356 e. The summed E-state index contributed by atoms with van der Waals surface area (Å²) in [4.78, 5) is 16.8. The smallest absolute Gasteiger partial charge is 0.221 e. The molecular weight excluding hydrogens is 250 g/mol. The van der Waals surface area contributed by atoms with Gasteiger partial charge in [0, 0.05) is 32.1 Å². The Kier molecular flexibility index (Phi) is 6.80.